The average Bonchev–Trinajstić information content (AvgIpc) is 2.56. The van der Waals surface area contributed by atoms with Gasteiger partial charge in [-0.1, -0.05) is 6.07 Å². The fourth-order valence-corrected chi connectivity index (χ4v) is 2.06. The second-order valence-electron chi connectivity index (χ2n) is 4.52. The molecule has 0 spiro atoms. The topological polar surface area (TPSA) is 77.0 Å². The molecule has 1 aromatic carbocycles. The Bertz CT molecular complexity index is 797. The number of fused-ring (bicyclic) bond motifs is 1. The Kier molecular flexibility index (Phi) is 3.91. The molecule has 6 heteroatoms. The van der Waals surface area contributed by atoms with Gasteiger partial charge in [-0.25, -0.2) is 0 Å². The SMILES string of the molecule is CCOc1ccc(C(=O)Nc2cccc3ncccc23)nn1. The minimum absolute atomic E-state index is 0.226. The number of nitrogens with zero attached hydrogens (tertiary/aromatic N) is 3. The van der Waals surface area contributed by atoms with Crippen molar-refractivity contribution < 1.29 is 9.53 Å². The van der Waals surface area contributed by atoms with Crippen LogP contribution in [0.3, 0.4) is 0 Å². The van der Waals surface area contributed by atoms with Gasteiger partial charge in [-0.05, 0) is 37.3 Å². The molecule has 0 saturated carbocycles. The van der Waals surface area contributed by atoms with Crippen molar-refractivity contribution in [1.29, 1.82) is 0 Å². The summed E-state index contributed by atoms with van der Waals surface area (Å²) in [6.07, 6.45) is 1.71. The Morgan fingerprint density at radius 2 is 2.05 bits per heavy atom. The maximum Gasteiger partial charge on any atom is 0.276 e. The molecule has 1 N–H and O–H groups in total. The number of hydrogen-bond acceptors (Lipinski definition) is 5. The summed E-state index contributed by atoms with van der Waals surface area (Å²) in [5.74, 6) is 0.0697. The highest BCUT2D eigenvalue weighted by molar-refractivity contribution is 6.07. The van der Waals surface area contributed by atoms with E-state index in [2.05, 4.69) is 20.5 Å². The van der Waals surface area contributed by atoms with Gasteiger partial charge in [-0.2, -0.15) is 0 Å². The minimum atomic E-state index is -0.327. The van der Waals surface area contributed by atoms with Crippen molar-refractivity contribution >= 4 is 22.5 Å². The lowest BCUT2D eigenvalue weighted by Crippen LogP contribution is -2.14. The van der Waals surface area contributed by atoms with Gasteiger partial charge in [-0.15, -0.1) is 10.2 Å². The molecule has 0 atom stereocenters. The third-order valence-corrected chi connectivity index (χ3v) is 3.06. The highest BCUT2D eigenvalue weighted by atomic mass is 16.5. The number of amides is 1. The zero-order valence-electron chi connectivity index (χ0n) is 12.0. The van der Waals surface area contributed by atoms with Crippen LogP contribution in [-0.2, 0) is 0 Å². The summed E-state index contributed by atoms with van der Waals surface area (Å²) in [6.45, 7) is 2.36. The summed E-state index contributed by atoms with van der Waals surface area (Å²) in [4.78, 5) is 16.5. The Balaban J connectivity index is 1.83. The second kappa shape index (κ2) is 6.17. The van der Waals surface area contributed by atoms with E-state index in [1.165, 1.54) is 0 Å². The van der Waals surface area contributed by atoms with Crippen LogP contribution in [0.5, 0.6) is 5.88 Å². The Hall–Kier alpha value is -3.02. The largest absolute Gasteiger partial charge is 0.477 e. The molecule has 3 aromatic rings. The van der Waals surface area contributed by atoms with E-state index < -0.39 is 0 Å². The molecule has 2 heterocycles. The molecule has 0 fully saturated rings. The smallest absolute Gasteiger partial charge is 0.276 e. The van der Waals surface area contributed by atoms with E-state index in [9.17, 15) is 4.79 Å². The molecule has 0 aliphatic heterocycles. The van der Waals surface area contributed by atoms with Crippen molar-refractivity contribution in [2.24, 2.45) is 0 Å². The first-order chi connectivity index (χ1) is 10.8. The lowest BCUT2D eigenvalue weighted by atomic mass is 10.2. The van der Waals surface area contributed by atoms with Crippen LogP contribution in [0, 0.1) is 0 Å². The zero-order valence-corrected chi connectivity index (χ0v) is 12.0. The number of benzene rings is 1. The molecule has 0 unspecified atom stereocenters. The Morgan fingerprint density at radius 3 is 2.82 bits per heavy atom. The molecule has 0 saturated heterocycles. The van der Waals surface area contributed by atoms with E-state index in [1.807, 2.05) is 37.3 Å². The van der Waals surface area contributed by atoms with Crippen LogP contribution in [0.2, 0.25) is 0 Å². The van der Waals surface area contributed by atoms with E-state index in [0.29, 0.717) is 18.2 Å². The molecule has 0 aliphatic rings. The molecule has 3 rings (SSSR count). The first-order valence-electron chi connectivity index (χ1n) is 6.89. The number of anilines is 1. The van der Waals surface area contributed by atoms with Crippen molar-refractivity contribution in [3.05, 3.63) is 54.4 Å². The second-order valence-corrected chi connectivity index (χ2v) is 4.52. The van der Waals surface area contributed by atoms with Gasteiger partial charge in [0, 0.05) is 17.6 Å². The molecule has 6 nitrogen and oxygen atoms in total. The first kappa shape index (κ1) is 13.9. The summed E-state index contributed by atoms with van der Waals surface area (Å²) < 4.78 is 5.20. The standard InChI is InChI=1S/C16H14N4O2/c1-2-22-15-9-8-14(19-20-15)16(21)18-13-7-3-6-12-11(13)5-4-10-17-12/h3-10H,2H2,1H3,(H,18,21). The Labute approximate surface area is 127 Å². The van der Waals surface area contributed by atoms with E-state index in [-0.39, 0.29) is 11.6 Å². The van der Waals surface area contributed by atoms with Gasteiger partial charge in [0.1, 0.15) is 0 Å². The molecular formula is C16H14N4O2. The molecule has 0 radical (unpaired) electrons. The molecule has 1 amide bonds. The average molecular weight is 294 g/mol. The van der Waals surface area contributed by atoms with Crippen LogP contribution in [0.4, 0.5) is 5.69 Å². The number of aromatic nitrogens is 3. The van der Waals surface area contributed by atoms with Crippen molar-refractivity contribution in [1.82, 2.24) is 15.2 Å². The molecule has 110 valence electrons. The third-order valence-electron chi connectivity index (χ3n) is 3.06. The molecule has 22 heavy (non-hydrogen) atoms. The third kappa shape index (κ3) is 2.85. The van der Waals surface area contributed by atoms with E-state index in [4.69, 9.17) is 4.74 Å². The predicted molar refractivity (Wildman–Crippen MR) is 82.9 cm³/mol. The quantitative estimate of drug-likeness (QED) is 0.800. The number of ether oxygens (including phenoxy) is 1. The van der Waals surface area contributed by atoms with Gasteiger partial charge < -0.3 is 10.1 Å². The van der Waals surface area contributed by atoms with E-state index in [0.717, 1.165) is 10.9 Å². The molecule has 2 aromatic heterocycles. The summed E-state index contributed by atoms with van der Waals surface area (Å²) in [5.41, 5.74) is 1.73. The van der Waals surface area contributed by atoms with Gasteiger partial charge in [0.15, 0.2) is 5.69 Å². The monoisotopic (exact) mass is 294 g/mol. The minimum Gasteiger partial charge on any atom is -0.477 e. The van der Waals surface area contributed by atoms with Crippen LogP contribution in [-0.4, -0.2) is 27.7 Å². The summed E-state index contributed by atoms with van der Waals surface area (Å²) in [6, 6.07) is 12.5. The fraction of sp³-hybridized carbons (Fsp3) is 0.125. The van der Waals surface area contributed by atoms with Gasteiger partial charge in [0.2, 0.25) is 5.88 Å². The number of nitrogens with one attached hydrogen (secondary N) is 1. The number of pyridine rings is 1. The summed E-state index contributed by atoms with van der Waals surface area (Å²) >= 11 is 0. The maximum atomic E-state index is 12.3. The number of rotatable bonds is 4. The van der Waals surface area contributed by atoms with Gasteiger partial charge in [0.05, 0.1) is 17.8 Å². The van der Waals surface area contributed by atoms with Crippen LogP contribution < -0.4 is 10.1 Å². The lowest BCUT2D eigenvalue weighted by molar-refractivity contribution is 0.102. The van der Waals surface area contributed by atoms with Crippen molar-refractivity contribution in [2.45, 2.75) is 6.92 Å². The molecule has 0 bridgehead atoms. The highest BCUT2D eigenvalue weighted by Gasteiger charge is 2.11. The summed E-state index contributed by atoms with van der Waals surface area (Å²) in [7, 11) is 0. The molecular weight excluding hydrogens is 280 g/mol. The van der Waals surface area contributed by atoms with Crippen molar-refractivity contribution in [2.75, 3.05) is 11.9 Å². The zero-order chi connectivity index (χ0) is 15.4. The first-order valence-corrected chi connectivity index (χ1v) is 6.89. The van der Waals surface area contributed by atoms with E-state index >= 15 is 0 Å². The highest BCUT2D eigenvalue weighted by Crippen LogP contribution is 2.21. The molecule has 0 aliphatic carbocycles. The van der Waals surface area contributed by atoms with Crippen molar-refractivity contribution in [3.8, 4) is 5.88 Å². The fourth-order valence-electron chi connectivity index (χ4n) is 2.06. The summed E-state index contributed by atoms with van der Waals surface area (Å²) in [5, 5.41) is 11.4. The number of carbonyl (C=O) groups excluding carboxylic acids is 1. The van der Waals surface area contributed by atoms with Crippen LogP contribution in [0.15, 0.2) is 48.7 Å². The van der Waals surface area contributed by atoms with Crippen LogP contribution >= 0.6 is 0 Å². The predicted octanol–water partition coefficient (Wildman–Crippen LogP) is 2.68. The van der Waals surface area contributed by atoms with Crippen LogP contribution in [0.1, 0.15) is 17.4 Å². The van der Waals surface area contributed by atoms with Gasteiger partial charge in [0.25, 0.3) is 5.91 Å². The van der Waals surface area contributed by atoms with Gasteiger partial charge in [-0.3, -0.25) is 9.78 Å². The van der Waals surface area contributed by atoms with Crippen molar-refractivity contribution in [3.63, 3.8) is 0 Å². The van der Waals surface area contributed by atoms with Gasteiger partial charge >= 0.3 is 0 Å². The van der Waals surface area contributed by atoms with Crippen LogP contribution in [0.25, 0.3) is 10.9 Å². The lowest BCUT2D eigenvalue weighted by Gasteiger charge is -2.08. The Morgan fingerprint density at radius 1 is 1.14 bits per heavy atom. The number of carbonyl (C=O) groups is 1. The number of hydrogen-bond donors (Lipinski definition) is 1. The normalized spacial score (nSPS) is 10.4. The van der Waals surface area contributed by atoms with E-state index in [1.54, 1.807) is 18.3 Å². The maximum absolute atomic E-state index is 12.3.